The predicted octanol–water partition coefficient (Wildman–Crippen LogP) is 5.01. The van der Waals surface area contributed by atoms with E-state index in [0.717, 1.165) is 29.5 Å². The average molecular weight is 377 g/mol. The standard InChI is InChI=1S/C20H15N3O3S/c1-2-13-3-5-15(6-4-13)19-17(11-24)22-18(12-27-20(22)21-19)14-7-9-16(10-8-14)23(25)26/h3-12H,2H2,1H3. The number of nitro benzene ring substituents is 1. The van der Waals surface area contributed by atoms with Crippen LogP contribution in [0.2, 0.25) is 0 Å². The fourth-order valence-electron chi connectivity index (χ4n) is 3.06. The first-order chi connectivity index (χ1) is 13.1. The number of aldehydes is 1. The third-order valence-electron chi connectivity index (χ3n) is 4.52. The highest BCUT2D eigenvalue weighted by atomic mass is 32.1. The molecule has 6 nitrogen and oxygen atoms in total. The molecule has 4 aromatic rings. The highest BCUT2D eigenvalue weighted by Crippen LogP contribution is 2.33. The molecule has 0 saturated carbocycles. The number of hydrogen-bond acceptors (Lipinski definition) is 5. The summed E-state index contributed by atoms with van der Waals surface area (Å²) >= 11 is 1.43. The van der Waals surface area contributed by atoms with Gasteiger partial charge < -0.3 is 0 Å². The van der Waals surface area contributed by atoms with Gasteiger partial charge in [-0.2, -0.15) is 0 Å². The summed E-state index contributed by atoms with van der Waals surface area (Å²) in [6.45, 7) is 2.09. The molecule has 2 aromatic heterocycles. The number of hydrogen-bond donors (Lipinski definition) is 0. The van der Waals surface area contributed by atoms with Crippen molar-refractivity contribution in [3.05, 3.63) is 75.3 Å². The molecule has 0 amide bonds. The van der Waals surface area contributed by atoms with E-state index in [1.165, 1.54) is 29.0 Å². The van der Waals surface area contributed by atoms with Crippen molar-refractivity contribution in [3.8, 4) is 22.5 Å². The van der Waals surface area contributed by atoms with E-state index in [4.69, 9.17) is 0 Å². The number of nitrogens with zero attached hydrogens (tertiary/aromatic N) is 3. The van der Waals surface area contributed by atoms with Gasteiger partial charge in [-0.25, -0.2) is 4.98 Å². The molecule has 4 rings (SSSR count). The first kappa shape index (κ1) is 17.1. The van der Waals surface area contributed by atoms with Crippen LogP contribution in [0, 0.1) is 10.1 Å². The van der Waals surface area contributed by atoms with Crippen molar-refractivity contribution in [1.29, 1.82) is 0 Å². The molecule has 0 bridgehead atoms. The second kappa shape index (κ2) is 6.77. The molecule has 0 radical (unpaired) electrons. The molecule has 27 heavy (non-hydrogen) atoms. The number of fused-ring (bicyclic) bond motifs is 1. The van der Waals surface area contributed by atoms with Crippen LogP contribution in [-0.4, -0.2) is 20.6 Å². The van der Waals surface area contributed by atoms with Gasteiger partial charge in [0.2, 0.25) is 0 Å². The van der Waals surface area contributed by atoms with Crippen LogP contribution in [0.1, 0.15) is 23.0 Å². The summed E-state index contributed by atoms with van der Waals surface area (Å²) in [7, 11) is 0. The summed E-state index contributed by atoms with van der Waals surface area (Å²) in [5.74, 6) is 0. The minimum atomic E-state index is -0.431. The summed E-state index contributed by atoms with van der Waals surface area (Å²) in [5.41, 5.74) is 4.84. The summed E-state index contributed by atoms with van der Waals surface area (Å²) in [4.78, 5) is 27.7. The van der Waals surface area contributed by atoms with Crippen molar-refractivity contribution < 1.29 is 9.72 Å². The third-order valence-corrected chi connectivity index (χ3v) is 5.35. The van der Waals surface area contributed by atoms with Crippen molar-refractivity contribution in [1.82, 2.24) is 9.38 Å². The van der Waals surface area contributed by atoms with Crippen LogP contribution < -0.4 is 0 Å². The topological polar surface area (TPSA) is 77.5 Å². The van der Waals surface area contributed by atoms with E-state index in [9.17, 15) is 14.9 Å². The van der Waals surface area contributed by atoms with Crippen molar-refractivity contribution in [2.45, 2.75) is 13.3 Å². The van der Waals surface area contributed by atoms with E-state index < -0.39 is 4.92 Å². The summed E-state index contributed by atoms with van der Waals surface area (Å²) in [6.07, 6.45) is 1.76. The molecular formula is C20H15N3O3S. The molecule has 0 aliphatic heterocycles. The Bertz CT molecular complexity index is 1140. The van der Waals surface area contributed by atoms with Gasteiger partial charge in [0, 0.05) is 23.1 Å². The Kier molecular flexibility index (Phi) is 4.29. The molecule has 134 valence electrons. The van der Waals surface area contributed by atoms with Gasteiger partial charge in [0.15, 0.2) is 11.2 Å². The van der Waals surface area contributed by atoms with Crippen LogP contribution in [0.4, 0.5) is 5.69 Å². The Morgan fingerprint density at radius 1 is 1.11 bits per heavy atom. The van der Waals surface area contributed by atoms with E-state index in [2.05, 4.69) is 11.9 Å². The first-order valence-electron chi connectivity index (χ1n) is 8.41. The Hall–Kier alpha value is -3.32. The number of aryl methyl sites for hydroxylation is 1. The highest BCUT2D eigenvalue weighted by Gasteiger charge is 2.19. The number of imidazole rings is 1. The summed E-state index contributed by atoms with van der Waals surface area (Å²) in [5, 5.41) is 12.8. The molecule has 0 atom stereocenters. The summed E-state index contributed by atoms with van der Waals surface area (Å²) in [6, 6.07) is 14.3. The predicted molar refractivity (Wildman–Crippen MR) is 105 cm³/mol. The van der Waals surface area contributed by atoms with Gasteiger partial charge >= 0.3 is 0 Å². The molecular weight excluding hydrogens is 362 g/mol. The number of carbonyl (C=O) groups excluding carboxylic acids is 1. The fraction of sp³-hybridized carbons (Fsp3) is 0.100. The van der Waals surface area contributed by atoms with Gasteiger partial charge in [0.25, 0.3) is 5.69 Å². The Labute approximate surface area is 158 Å². The maximum absolute atomic E-state index is 11.9. The lowest BCUT2D eigenvalue weighted by molar-refractivity contribution is -0.384. The van der Waals surface area contributed by atoms with Crippen LogP contribution in [0.5, 0.6) is 0 Å². The Morgan fingerprint density at radius 3 is 2.37 bits per heavy atom. The van der Waals surface area contributed by atoms with E-state index in [-0.39, 0.29) is 5.69 Å². The largest absolute Gasteiger partial charge is 0.296 e. The average Bonchev–Trinajstić information content (AvgIpc) is 3.27. The number of rotatable bonds is 5. The quantitative estimate of drug-likeness (QED) is 0.278. The second-order valence-electron chi connectivity index (χ2n) is 6.06. The number of non-ortho nitro benzene ring substituents is 1. The zero-order chi connectivity index (χ0) is 19.0. The molecule has 0 aliphatic carbocycles. The third kappa shape index (κ3) is 2.92. The van der Waals surface area contributed by atoms with Gasteiger partial charge in [0.1, 0.15) is 11.4 Å². The maximum atomic E-state index is 11.9. The Balaban J connectivity index is 1.85. The highest BCUT2D eigenvalue weighted by molar-refractivity contribution is 7.15. The lowest BCUT2D eigenvalue weighted by Crippen LogP contribution is -1.94. The SMILES string of the molecule is CCc1ccc(-c2nc3scc(-c4ccc([N+](=O)[O-])cc4)n3c2C=O)cc1. The molecule has 2 heterocycles. The number of carbonyl (C=O) groups is 1. The van der Waals surface area contributed by atoms with Crippen molar-refractivity contribution in [2.24, 2.45) is 0 Å². The van der Waals surface area contributed by atoms with Gasteiger partial charge in [-0.05, 0) is 29.7 Å². The second-order valence-corrected chi connectivity index (χ2v) is 6.89. The molecule has 0 saturated heterocycles. The number of aromatic nitrogens is 2. The van der Waals surface area contributed by atoms with E-state index in [1.54, 1.807) is 12.1 Å². The van der Waals surface area contributed by atoms with Crippen molar-refractivity contribution >= 4 is 28.3 Å². The van der Waals surface area contributed by atoms with E-state index in [1.807, 2.05) is 34.0 Å². The molecule has 7 heteroatoms. The van der Waals surface area contributed by atoms with Crippen LogP contribution in [0.3, 0.4) is 0 Å². The molecule has 0 aliphatic rings. The first-order valence-corrected chi connectivity index (χ1v) is 9.29. The van der Waals surface area contributed by atoms with Gasteiger partial charge in [-0.3, -0.25) is 19.3 Å². The minimum Gasteiger partial charge on any atom is -0.296 e. The summed E-state index contributed by atoms with van der Waals surface area (Å²) < 4.78 is 1.81. The number of nitro groups is 1. The zero-order valence-corrected chi connectivity index (χ0v) is 15.3. The normalized spacial score (nSPS) is 11.0. The molecule has 0 fully saturated rings. The van der Waals surface area contributed by atoms with Gasteiger partial charge in [-0.15, -0.1) is 11.3 Å². The maximum Gasteiger partial charge on any atom is 0.269 e. The smallest absolute Gasteiger partial charge is 0.269 e. The molecule has 0 N–H and O–H groups in total. The minimum absolute atomic E-state index is 0.0307. The Morgan fingerprint density at radius 2 is 1.78 bits per heavy atom. The molecule has 0 unspecified atom stereocenters. The van der Waals surface area contributed by atoms with Crippen molar-refractivity contribution in [2.75, 3.05) is 0 Å². The van der Waals surface area contributed by atoms with Crippen LogP contribution in [-0.2, 0) is 6.42 Å². The lowest BCUT2D eigenvalue weighted by atomic mass is 10.1. The van der Waals surface area contributed by atoms with Crippen LogP contribution >= 0.6 is 11.3 Å². The van der Waals surface area contributed by atoms with Crippen LogP contribution in [0.25, 0.3) is 27.5 Å². The number of benzene rings is 2. The monoisotopic (exact) mass is 377 g/mol. The van der Waals surface area contributed by atoms with Gasteiger partial charge in [-0.1, -0.05) is 31.2 Å². The van der Waals surface area contributed by atoms with E-state index in [0.29, 0.717) is 16.3 Å². The van der Waals surface area contributed by atoms with Crippen LogP contribution in [0.15, 0.2) is 53.9 Å². The van der Waals surface area contributed by atoms with Crippen molar-refractivity contribution in [3.63, 3.8) is 0 Å². The zero-order valence-electron chi connectivity index (χ0n) is 14.5. The molecule has 0 spiro atoms. The molecule has 2 aromatic carbocycles. The van der Waals surface area contributed by atoms with Gasteiger partial charge in [0.05, 0.1) is 10.6 Å². The fourth-order valence-corrected chi connectivity index (χ4v) is 3.96. The lowest BCUT2D eigenvalue weighted by Gasteiger charge is -2.03. The number of thiazole rings is 1. The van der Waals surface area contributed by atoms with E-state index >= 15 is 0 Å².